The molecule has 0 spiro atoms. The second-order valence-corrected chi connectivity index (χ2v) is 2.71. The van der Waals surface area contributed by atoms with Crippen molar-refractivity contribution in [3.63, 3.8) is 0 Å². The van der Waals surface area contributed by atoms with Crippen molar-refractivity contribution in [3.05, 3.63) is 0 Å². The van der Waals surface area contributed by atoms with Crippen LogP contribution in [0.25, 0.3) is 0 Å². The Labute approximate surface area is 58.2 Å². The van der Waals surface area contributed by atoms with Crippen LogP contribution in [0.5, 0.6) is 0 Å². The molecule has 2 nitrogen and oxygen atoms in total. The molecule has 48 valence electrons. The SMILES string of the molecule is CC(Cl)C(S)C(=O)O. The molecule has 2 atom stereocenters. The third-order valence-corrected chi connectivity index (χ3v) is 1.78. The van der Waals surface area contributed by atoms with Crippen LogP contribution in [-0.2, 0) is 4.79 Å². The summed E-state index contributed by atoms with van der Waals surface area (Å²) < 4.78 is 0. The molecule has 0 fully saturated rings. The lowest BCUT2D eigenvalue weighted by molar-refractivity contribution is -0.136. The van der Waals surface area contributed by atoms with E-state index in [0.717, 1.165) is 0 Å². The Morgan fingerprint density at radius 1 is 1.88 bits per heavy atom. The van der Waals surface area contributed by atoms with Crippen molar-refractivity contribution >= 4 is 30.2 Å². The number of carboxylic acid groups (broad SMARTS) is 1. The fourth-order valence-electron chi connectivity index (χ4n) is 0.196. The number of thiol groups is 1. The van der Waals surface area contributed by atoms with Crippen LogP contribution >= 0.6 is 24.2 Å². The number of rotatable bonds is 2. The third-order valence-electron chi connectivity index (χ3n) is 0.688. The van der Waals surface area contributed by atoms with Crippen LogP contribution in [0.15, 0.2) is 0 Å². The minimum Gasteiger partial charge on any atom is -0.480 e. The van der Waals surface area contributed by atoms with E-state index in [1.807, 2.05) is 0 Å². The van der Waals surface area contributed by atoms with Gasteiger partial charge in [0.05, 0.1) is 5.38 Å². The molecule has 2 unspecified atom stereocenters. The summed E-state index contributed by atoms with van der Waals surface area (Å²) in [6.07, 6.45) is 0. The van der Waals surface area contributed by atoms with Crippen LogP contribution in [0.4, 0.5) is 0 Å². The van der Waals surface area contributed by atoms with E-state index in [9.17, 15) is 4.79 Å². The molecule has 8 heavy (non-hydrogen) atoms. The average Bonchev–Trinajstić information content (AvgIpc) is 1.64. The molecular formula is C4H7ClO2S. The molecule has 0 bridgehead atoms. The molecular weight excluding hydrogens is 148 g/mol. The maximum absolute atomic E-state index is 9.98. The molecule has 0 radical (unpaired) electrons. The molecule has 0 aromatic carbocycles. The Morgan fingerprint density at radius 3 is 2.25 bits per heavy atom. The minimum absolute atomic E-state index is 0.421. The highest BCUT2D eigenvalue weighted by Gasteiger charge is 2.16. The highest BCUT2D eigenvalue weighted by Crippen LogP contribution is 2.07. The van der Waals surface area contributed by atoms with Crippen LogP contribution in [0.1, 0.15) is 6.92 Å². The van der Waals surface area contributed by atoms with E-state index in [1.54, 1.807) is 6.92 Å². The molecule has 0 aliphatic carbocycles. The van der Waals surface area contributed by atoms with Gasteiger partial charge >= 0.3 is 5.97 Å². The summed E-state index contributed by atoms with van der Waals surface area (Å²) >= 11 is 9.05. The first-order chi connectivity index (χ1) is 3.55. The first-order valence-corrected chi connectivity index (χ1v) is 3.06. The monoisotopic (exact) mass is 154 g/mol. The predicted molar refractivity (Wildman–Crippen MR) is 35.7 cm³/mol. The molecule has 0 saturated heterocycles. The van der Waals surface area contributed by atoms with Gasteiger partial charge in [0.25, 0.3) is 0 Å². The number of halogens is 1. The van der Waals surface area contributed by atoms with Crippen LogP contribution in [0.3, 0.4) is 0 Å². The van der Waals surface area contributed by atoms with Crippen molar-refractivity contribution in [3.8, 4) is 0 Å². The molecule has 0 aromatic heterocycles. The summed E-state index contributed by atoms with van der Waals surface area (Å²) in [7, 11) is 0. The van der Waals surface area contributed by atoms with Gasteiger partial charge in [0.15, 0.2) is 0 Å². The van der Waals surface area contributed by atoms with Crippen molar-refractivity contribution in [1.29, 1.82) is 0 Å². The fraction of sp³-hybridized carbons (Fsp3) is 0.750. The minimum atomic E-state index is -0.976. The van der Waals surface area contributed by atoms with Crippen LogP contribution in [0, 0.1) is 0 Å². The number of carboxylic acids is 1. The first kappa shape index (κ1) is 8.11. The van der Waals surface area contributed by atoms with E-state index in [2.05, 4.69) is 12.6 Å². The Balaban J connectivity index is 3.64. The summed E-state index contributed by atoms with van der Waals surface area (Å²) in [4.78, 5) is 9.98. The predicted octanol–water partition coefficient (Wildman–Crippen LogP) is 0.997. The normalized spacial score (nSPS) is 17.4. The van der Waals surface area contributed by atoms with E-state index in [4.69, 9.17) is 16.7 Å². The lowest BCUT2D eigenvalue weighted by Gasteiger charge is -2.04. The smallest absolute Gasteiger partial charge is 0.317 e. The topological polar surface area (TPSA) is 37.3 Å². The lowest BCUT2D eigenvalue weighted by atomic mass is 10.3. The van der Waals surface area contributed by atoms with Gasteiger partial charge in [0.1, 0.15) is 5.25 Å². The van der Waals surface area contributed by atoms with E-state index in [1.165, 1.54) is 0 Å². The van der Waals surface area contributed by atoms with Gasteiger partial charge in [-0.25, -0.2) is 0 Å². The highest BCUT2D eigenvalue weighted by atomic mass is 35.5. The maximum atomic E-state index is 9.98. The molecule has 0 aromatic rings. The quantitative estimate of drug-likeness (QED) is 0.460. The summed E-state index contributed by atoms with van der Waals surface area (Å²) in [5, 5.41) is 7.02. The van der Waals surface area contributed by atoms with Gasteiger partial charge in [-0.3, -0.25) is 4.79 Å². The Bertz CT molecular complexity index is 94.0. The summed E-state index contributed by atoms with van der Waals surface area (Å²) in [5.41, 5.74) is 0. The van der Waals surface area contributed by atoms with E-state index in [-0.39, 0.29) is 0 Å². The van der Waals surface area contributed by atoms with Gasteiger partial charge < -0.3 is 5.11 Å². The van der Waals surface area contributed by atoms with Gasteiger partial charge in [-0.1, -0.05) is 0 Å². The van der Waals surface area contributed by atoms with Gasteiger partial charge in [0.2, 0.25) is 0 Å². The van der Waals surface area contributed by atoms with E-state index >= 15 is 0 Å². The van der Waals surface area contributed by atoms with Crippen LogP contribution in [0.2, 0.25) is 0 Å². The van der Waals surface area contributed by atoms with Crippen LogP contribution in [-0.4, -0.2) is 21.7 Å². The average molecular weight is 155 g/mol. The third kappa shape index (κ3) is 2.43. The summed E-state index contributed by atoms with van der Waals surface area (Å²) in [6.45, 7) is 1.59. The number of aliphatic carboxylic acids is 1. The molecule has 0 aliphatic rings. The number of carbonyl (C=O) groups is 1. The zero-order valence-corrected chi connectivity index (χ0v) is 5.99. The molecule has 0 aliphatic heterocycles. The molecule has 0 amide bonds. The van der Waals surface area contributed by atoms with Crippen molar-refractivity contribution in [2.24, 2.45) is 0 Å². The van der Waals surface area contributed by atoms with Gasteiger partial charge in [0, 0.05) is 0 Å². The zero-order chi connectivity index (χ0) is 6.73. The van der Waals surface area contributed by atoms with Crippen molar-refractivity contribution < 1.29 is 9.90 Å². The number of alkyl halides is 1. The Kier molecular flexibility index (Phi) is 3.24. The first-order valence-electron chi connectivity index (χ1n) is 2.10. The van der Waals surface area contributed by atoms with Crippen molar-refractivity contribution in [1.82, 2.24) is 0 Å². The summed E-state index contributed by atoms with van der Waals surface area (Å²) in [6, 6.07) is 0. The van der Waals surface area contributed by atoms with E-state index in [0.29, 0.717) is 0 Å². The number of hydrogen-bond donors (Lipinski definition) is 2. The summed E-state index contributed by atoms with van der Waals surface area (Å²) in [5.74, 6) is -0.976. The van der Waals surface area contributed by atoms with Crippen LogP contribution < -0.4 is 0 Å². The molecule has 4 heteroatoms. The fourth-order valence-corrected chi connectivity index (χ4v) is 0.304. The highest BCUT2D eigenvalue weighted by molar-refractivity contribution is 7.82. The maximum Gasteiger partial charge on any atom is 0.317 e. The second kappa shape index (κ2) is 3.20. The van der Waals surface area contributed by atoms with Crippen molar-refractivity contribution in [2.45, 2.75) is 17.6 Å². The Hall–Kier alpha value is 0.110. The van der Waals surface area contributed by atoms with Gasteiger partial charge in [-0.2, -0.15) is 12.6 Å². The Morgan fingerprint density at radius 2 is 2.25 bits per heavy atom. The molecule has 0 rings (SSSR count). The zero-order valence-electron chi connectivity index (χ0n) is 4.34. The van der Waals surface area contributed by atoms with E-state index < -0.39 is 16.6 Å². The van der Waals surface area contributed by atoms with Gasteiger partial charge in [-0.05, 0) is 6.92 Å². The largest absolute Gasteiger partial charge is 0.480 e. The molecule has 0 saturated carbocycles. The standard InChI is InChI=1S/C4H7ClO2S/c1-2(5)3(8)4(6)7/h2-3,8H,1H3,(H,6,7). The van der Waals surface area contributed by atoms with Crippen molar-refractivity contribution in [2.75, 3.05) is 0 Å². The second-order valence-electron chi connectivity index (χ2n) is 1.46. The number of hydrogen-bond acceptors (Lipinski definition) is 2. The molecule has 0 heterocycles. The lowest BCUT2D eigenvalue weighted by Crippen LogP contribution is -2.21. The molecule has 1 N–H and O–H groups in total. The van der Waals surface area contributed by atoms with Gasteiger partial charge in [-0.15, -0.1) is 11.6 Å².